The van der Waals surface area contributed by atoms with Gasteiger partial charge in [0.25, 0.3) is 5.91 Å². The Bertz CT molecular complexity index is 605. The van der Waals surface area contributed by atoms with Gasteiger partial charge in [0, 0.05) is 19.8 Å². The van der Waals surface area contributed by atoms with Crippen LogP contribution in [0.1, 0.15) is 30.0 Å². The van der Waals surface area contributed by atoms with E-state index in [0.29, 0.717) is 11.5 Å². The zero-order valence-corrected chi connectivity index (χ0v) is 12.0. The number of carbonyl (C=O) groups is 1. The highest BCUT2D eigenvalue weighted by molar-refractivity contribution is 6.03. The molecule has 6 nitrogen and oxygen atoms in total. The average Bonchev–Trinajstić information content (AvgIpc) is 2.79. The highest BCUT2D eigenvalue weighted by Crippen LogP contribution is 2.15. The Balaban J connectivity index is 2.17. The van der Waals surface area contributed by atoms with E-state index in [1.165, 1.54) is 0 Å². The molecule has 0 atom stereocenters. The Morgan fingerprint density at radius 3 is 2.85 bits per heavy atom. The number of pyridine rings is 1. The molecule has 0 radical (unpaired) electrons. The third-order valence-corrected chi connectivity index (χ3v) is 2.83. The summed E-state index contributed by atoms with van der Waals surface area (Å²) in [5.74, 6) is 0.467. The second-order valence-corrected chi connectivity index (χ2v) is 4.41. The highest BCUT2D eigenvalue weighted by Gasteiger charge is 2.12. The lowest BCUT2D eigenvalue weighted by Crippen LogP contribution is -2.15. The van der Waals surface area contributed by atoms with Crippen molar-refractivity contribution in [2.45, 2.75) is 20.3 Å². The molecule has 0 unspecified atom stereocenters. The minimum absolute atomic E-state index is 0.229. The summed E-state index contributed by atoms with van der Waals surface area (Å²) in [7, 11) is 1.83. The quantitative estimate of drug-likeness (QED) is 0.874. The second kappa shape index (κ2) is 6.18. The predicted octanol–water partition coefficient (Wildman–Crippen LogP) is 2.06. The van der Waals surface area contributed by atoms with Gasteiger partial charge in [-0.05, 0) is 25.5 Å². The average molecular weight is 273 g/mol. The summed E-state index contributed by atoms with van der Waals surface area (Å²) in [5, 5.41) is 10.2. The lowest BCUT2D eigenvalue weighted by atomic mass is 10.2. The summed E-state index contributed by atoms with van der Waals surface area (Å²) in [4.78, 5) is 16.5. The standard InChI is InChI=1S/C14H19N5O/c1-4-10-12(9-19(3)18-10)17-14(20)11-7-6-8-13(16-11)15-5-2/h6-9H,4-5H2,1-3H3,(H,15,16)(H,17,20). The van der Waals surface area contributed by atoms with Gasteiger partial charge < -0.3 is 10.6 Å². The third-order valence-electron chi connectivity index (χ3n) is 2.83. The van der Waals surface area contributed by atoms with Gasteiger partial charge in [-0.1, -0.05) is 13.0 Å². The van der Waals surface area contributed by atoms with Crippen molar-refractivity contribution in [2.24, 2.45) is 7.05 Å². The molecule has 106 valence electrons. The fourth-order valence-corrected chi connectivity index (χ4v) is 1.93. The van der Waals surface area contributed by atoms with Crippen molar-refractivity contribution in [2.75, 3.05) is 17.2 Å². The lowest BCUT2D eigenvalue weighted by molar-refractivity contribution is 0.102. The maximum Gasteiger partial charge on any atom is 0.274 e. The number of hydrogen-bond acceptors (Lipinski definition) is 4. The maximum absolute atomic E-state index is 12.2. The fourth-order valence-electron chi connectivity index (χ4n) is 1.93. The summed E-state index contributed by atoms with van der Waals surface area (Å²) in [6.07, 6.45) is 2.56. The van der Waals surface area contributed by atoms with Gasteiger partial charge >= 0.3 is 0 Å². The first-order valence-corrected chi connectivity index (χ1v) is 6.68. The van der Waals surface area contributed by atoms with Crippen molar-refractivity contribution in [1.29, 1.82) is 0 Å². The molecule has 6 heteroatoms. The van der Waals surface area contributed by atoms with Gasteiger partial charge in [-0.15, -0.1) is 0 Å². The fraction of sp³-hybridized carbons (Fsp3) is 0.357. The zero-order valence-electron chi connectivity index (χ0n) is 12.0. The Kier molecular flexibility index (Phi) is 4.34. The molecule has 20 heavy (non-hydrogen) atoms. The van der Waals surface area contributed by atoms with E-state index in [1.54, 1.807) is 16.9 Å². The van der Waals surface area contributed by atoms with Crippen LogP contribution in [0.4, 0.5) is 11.5 Å². The van der Waals surface area contributed by atoms with E-state index in [1.807, 2.05) is 33.0 Å². The number of nitrogens with one attached hydrogen (secondary N) is 2. The molecule has 0 saturated heterocycles. The van der Waals surface area contributed by atoms with Gasteiger partial charge in [0.15, 0.2) is 0 Å². The number of aromatic nitrogens is 3. The van der Waals surface area contributed by atoms with Gasteiger partial charge in [0.1, 0.15) is 11.5 Å². The highest BCUT2D eigenvalue weighted by atomic mass is 16.1. The van der Waals surface area contributed by atoms with Crippen LogP contribution in [0.3, 0.4) is 0 Å². The second-order valence-electron chi connectivity index (χ2n) is 4.41. The maximum atomic E-state index is 12.2. The Labute approximate surface area is 118 Å². The van der Waals surface area contributed by atoms with Crippen molar-refractivity contribution in [3.63, 3.8) is 0 Å². The number of carbonyl (C=O) groups excluding carboxylic acids is 1. The molecule has 2 heterocycles. The Morgan fingerprint density at radius 1 is 1.35 bits per heavy atom. The molecular formula is C14H19N5O. The molecule has 0 aliphatic carbocycles. The molecule has 2 rings (SSSR count). The van der Waals surface area contributed by atoms with Crippen molar-refractivity contribution in [3.8, 4) is 0 Å². The molecule has 0 fully saturated rings. The molecular weight excluding hydrogens is 254 g/mol. The van der Waals surface area contributed by atoms with E-state index in [2.05, 4.69) is 20.7 Å². The van der Waals surface area contributed by atoms with Crippen LogP contribution >= 0.6 is 0 Å². The van der Waals surface area contributed by atoms with Crippen LogP contribution in [0.25, 0.3) is 0 Å². The summed E-state index contributed by atoms with van der Waals surface area (Å²) in [6.45, 7) is 4.75. The smallest absolute Gasteiger partial charge is 0.274 e. The van der Waals surface area contributed by atoms with Gasteiger partial charge in [-0.3, -0.25) is 9.48 Å². The summed E-state index contributed by atoms with van der Waals surface area (Å²) < 4.78 is 1.69. The molecule has 0 spiro atoms. The third kappa shape index (κ3) is 3.14. The van der Waals surface area contributed by atoms with Gasteiger partial charge in [0.2, 0.25) is 0 Å². The van der Waals surface area contributed by atoms with Crippen LogP contribution in [0.15, 0.2) is 24.4 Å². The number of aryl methyl sites for hydroxylation is 2. The topological polar surface area (TPSA) is 71.8 Å². The number of hydrogen-bond donors (Lipinski definition) is 2. The molecule has 2 aromatic heterocycles. The summed E-state index contributed by atoms with van der Waals surface area (Å²) in [5.41, 5.74) is 1.98. The molecule has 1 amide bonds. The van der Waals surface area contributed by atoms with Gasteiger partial charge in [-0.2, -0.15) is 5.10 Å². The number of amides is 1. The number of nitrogens with zero attached hydrogens (tertiary/aromatic N) is 3. The van der Waals surface area contributed by atoms with Gasteiger partial charge in [0.05, 0.1) is 11.4 Å². The van der Waals surface area contributed by atoms with Crippen molar-refractivity contribution in [1.82, 2.24) is 14.8 Å². The lowest BCUT2D eigenvalue weighted by Gasteiger charge is -2.06. The Hall–Kier alpha value is -2.37. The first-order valence-electron chi connectivity index (χ1n) is 6.68. The first-order chi connectivity index (χ1) is 9.63. The predicted molar refractivity (Wildman–Crippen MR) is 78.9 cm³/mol. The van der Waals surface area contributed by atoms with Crippen molar-refractivity contribution < 1.29 is 4.79 Å². The van der Waals surface area contributed by atoms with E-state index < -0.39 is 0 Å². The molecule has 2 N–H and O–H groups in total. The van der Waals surface area contributed by atoms with Crippen LogP contribution in [0.2, 0.25) is 0 Å². The summed E-state index contributed by atoms with van der Waals surface area (Å²) in [6, 6.07) is 5.34. The summed E-state index contributed by atoms with van der Waals surface area (Å²) >= 11 is 0. The largest absolute Gasteiger partial charge is 0.370 e. The van der Waals surface area contributed by atoms with E-state index in [9.17, 15) is 4.79 Å². The van der Waals surface area contributed by atoms with Crippen molar-refractivity contribution in [3.05, 3.63) is 35.8 Å². The molecule has 0 saturated carbocycles. The first kappa shape index (κ1) is 14.0. The van der Waals surface area contributed by atoms with Crippen LogP contribution < -0.4 is 10.6 Å². The van der Waals surface area contributed by atoms with E-state index >= 15 is 0 Å². The van der Waals surface area contributed by atoms with E-state index in [-0.39, 0.29) is 5.91 Å². The van der Waals surface area contributed by atoms with E-state index in [4.69, 9.17) is 0 Å². The van der Waals surface area contributed by atoms with Crippen LogP contribution in [-0.4, -0.2) is 27.2 Å². The van der Waals surface area contributed by atoms with Crippen LogP contribution in [0, 0.1) is 0 Å². The molecule has 0 bridgehead atoms. The van der Waals surface area contributed by atoms with Crippen molar-refractivity contribution >= 4 is 17.4 Å². The normalized spacial score (nSPS) is 10.3. The SMILES string of the molecule is CCNc1cccc(C(=O)Nc2cn(C)nc2CC)n1. The molecule has 2 aromatic rings. The Morgan fingerprint density at radius 2 is 2.15 bits per heavy atom. The monoisotopic (exact) mass is 273 g/mol. The number of rotatable bonds is 5. The minimum atomic E-state index is -0.229. The minimum Gasteiger partial charge on any atom is -0.370 e. The molecule has 0 aliphatic rings. The van der Waals surface area contributed by atoms with E-state index in [0.717, 1.165) is 24.3 Å². The van der Waals surface area contributed by atoms with Crippen LogP contribution in [0.5, 0.6) is 0 Å². The zero-order chi connectivity index (χ0) is 14.5. The number of anilines is 2. The van der Waals surface area contributed by atoms with Crippen LogP contribution in [-0.2, 0) is 13.5 Å². The molecule has 0 aromatic carbocycles. The van der Waals surface area contributed by atoms with Gasteiger partial charge in [-0.25, -0.2) is 4.98 Å². The molecule has 0 aliphatic heterocycles.